The van der Waals surface area contributed by atoms with Gasteiger partial charge in [-0.15, -0.1) is 5.10 Å². The molecule has 0 saturated heterocycles. The minimum atomic E-state index is -0.285. The Morgan fingerprint density at radius 1 is 1.03 bits per heavy atom. The van der Waals surface area contributed by atoms with Gasteiger partial charge in [0.05, 0.1) is 11.4 Å². The summed E-state index contributed by atoms with van der Waals surface area (Å²) in [5.41, 5.74) is 4.45. The summed E-state index contributed by atoms with van der Waals surface area (Å²) in [6.07, 6.45) is 1.66. The lowest BCUT2D eigenvalue weighted by Crippen LogP contribution is -2.33. The van der Waals surface area contributed by atoms with E-state index in [1.807, 2.05) is 45.0 Å². The molecule has 2 heterocycles. The lowest BCUT2D eigenvalue weighted by molar-refractivity contribution is 0.0932. The van der Waals surface area contributed by atoms with Crippen LogP contribution in [0.2, 0.25) is 10.0 Å². The molecule has 0 aliphatic heterocycles. The molecule has 1 atom stereocenters. The van der Waals surface area contributed by atoms with Crippen LogP contribution in [0.4, 0.5) is 0 Å². The minimum absolute atomic E-state index is 0.0493. The SMILES string of the molecule is Cc1cc(C)nc(SCc2c(C(=O)NC(C)CCc3ccccc3)nnn2-c2cc(Cl)cc(Cl)c2)n1. The summed E-state index contributed by atoms with van der Waals surface area (Å²) in [5.74, 6) is 0.0909. The van der Waals surface area contributed by atoms with Crippen LogP contribution in [-0.4, -0.2) is 36.9 Å². The molecule has 0 spiro atoms. The molecular weight excluding hydrogens is 515 g/mol. The summed E-state index contributed by atoms with van der Waals surface area (Å²) < 4.78 is 1.59. The first-order chi connectivity index (χ1) is 17.3. The maximum atomic E-state index is 13.3. The predicted octanol–water partition coefficient (Wildman–Crippen LogP) is 6.02. The van der Waals surface area contributed by atoms with Crippen molar-refractivity contribution in [3.63, 3.8) is 0 Å². The van der Waals surface area contributed by atoms with Gasteiger partial charge >= 0.3 is 0 Å². The molecule has 4 aromatic rings. The molecule has 1 amide bonds. The highest BCUT2D eigenvalue weighted by Crippen LogP contribution is 2.27. The third-order valence-corrected chi connectivity index (χ3v) is 6.75. The molecule has 2 aromatic carbocycles. The van der Waals surface area contributed by atoms with Crippen LogP contribution in [0.15, 0.2) is 59.8 Å². The molecular formula is C26H26Cl2N6OS. The van der Waals surface area contributed by atoms with E-state index in [0.717, 1.165) is 24.2 Å². The lowest BCUT2D eigenvalue weighted by atomic mass is 10.1. The molecule has 2 aromatic heterocycles. The van der Waals surface area contributed by atoms with E-state index in [1.165, 1.54) is 17.3 Å². The highest BCUT2D eigenvalue weighted by molar-refractivity contribution is 7.98. The molecule has 10 heteroatoms. The molecule has 0 saturated carbocycles. The lowest BCUT2D eigenvalue weighted by Gasteiger charge is -2.14. The standard InChI is InChI=1S/C26H26Cl2N6OS/c1-16(9-10-19-7-5-4-6-8-19)29-25(35)24-23(15-36-26-30-17(2)11-18(3)31-26)34(33-32-24)22-13-20(27)12-21(28)14-22/h4-8,11-14,16H,9-10,15H2,1-3H3,(H,29,35). The predicted molar refractivity (Wildman–Crippen MR) is 144 cm³/mol. The van der Waals surface area contributed by atoms with Crippen LogP contribution in [0, 0.1) is 13.8 Å². The number of halogens is 2. The van der Waals surface area contributed by atoms with Crippen LogP contribution in [0.3, 0.4) is 0 Å². The van der Waals surface area contributed by atoms with E-state index in [2.05, 4.69) is 37.7 Å². The second-order valence-electron chi connectivity index (χ2n) is 8.54. The number of aryl methyl sites for hydroxylation is 3. The van der Waals surface area contributed by atoms with Gasteiger partial charge in [0.1, 0.15) is 0 Å². The zero-order valence-electron chi connectivity index (χ0n) is 20.2. The van der Waals surface area contributed by atoms with Crippen molar-refractivity contribution in [1.82, 2.24) is 30.3 Å². The largest absolute Gasteiger partial charge is 0.348 e. The van der Waals surface area contributed by atoms with Gasteiger partial charge in [0.25, 0.3) is 5.91 Å². The van der Waals surface area contributed by atoms with Crippen molar-refractivity contribution in [2.24, 2.45) is 0 Å². The van der Waals surface area contributed by atoms with Crippen molar-refractivity contribution in [2.45, 2.75) is 50.6 Å². The van der Waals surface area contributed by atoms with Crippen LogP contribution in [0.1, 0.15) is 46.5 Å². The van der Waals surface area contributed by atoms with E-state index in [9.17, 15) is 4.79 Å². The molecule has 1 unspecified atom stereocenters. The summed E-state index contributed by atoms with van der Waals surface area (Å²) in [4.78, 5) is 22.3. The number of thioether (sulfide) groups is 1. The Morgan fingerprint density at radius 3 is 2.36 bits per heavy atom. The number of hydrogen-bond acceptors (Lipinski definition) is 6. The number of nitrogens with one attached hydrogen (secondary N) is 1. The Bertz CT molecular complexity index is 1320. The average Bonchev–Trinajstić information content (AvgIpc) is 3.25. The third-order valence-electron chi connectivity index (χ3n) is 5.46. The number of hydrogen-bond donors (Lipinski definition) is 1. The monoisotopic (exact) mass is 540 g/mol. The van der Waals surface area contributed by atoms with Gasteiger partial charge in [0.2, 0.25) is 0 Å². The van der Waals surface area contributed by atoms with Crippen LogP contribution >= 0.6 is 35.0 Å². The molecule has 0 fully saturated rings. The number of carbonyl (C=O) groups excluding carboxylic acids is 1. The van der Waals surface area contributed by atoms with Gasteiger partial charge < -0.3 is 5.32 Å². The summed E-state index contributed by atoms with van der Waals surface area (Å²) in [6, 6.07) is 17.2. The Labute approximate surface area is 224 Å². The number of carbonyl (C=O) groups is 1. The molecule has 36 heavy (non-hydrogen) atoms. The molecule has 7 nitrogen and oxygen atoms in total. The molecule has 0 aliphatic carbocycles. The van der Waals surface area contributed by atoms with Crippen molar-refractivity contribution < 1.29 is 4.79 Å². The van der Waals surface area contributed by atoms with Crippen molar-refractivity contribution in [3.8, 4) is 5.69 Å². The molecule has 0 bridgehead atoms. The second-order valence-corrected chi connectivity index (χ2v) is 10.4. The average molecular weight is 542 g/mol. The zero-order valence-corrected chi connectivity index (χ0v) is 22.5. The van der Waals surface area contributed by atoms with Crippen molar-refractivity contribution in [1.29, 1.82) is 0 Å². The Morgan fingerprint density at radius 2 is 1.69 bits per heavy atom. The molecule has 186 valence electrons. The fourth-order valence-corrected chi connectivity index (χ4v) is 5.22. The van der Waals surface area contributed by atoms with Gasteiger partial charge in [-0.25, -0.2) is 14.6 Å². The molecule has 0 aliphatic rings. The first-order valence-corrected chi connectivity index (χ1v) is 13.2. The van der Waals surface area contributed by atoms with Crippen molar-refractivity contribution >= 4 is 40.9 Å². The van der Waals surface area contributed by atoms with E-state index in [-0.39, 0.29) is 17.6 Å². The smallest absolute Gasteiger partial charge is 0.274 e. The Kier molecular flexibility index (Phi) is 8.61. The molecule has 4 rings (SSSR count). The number of aromatic nitrogens is 5. The third kappa shape index (κ3) is 6.84. The van der Waals surface area contributed by atoms with Crippen molar-refractivity contribution in [3.05, 3.63) is 93.0 Å². The van der Waals surface area contributed by atoms with Gasteiger partial charge in [0, 0.05) is 33.2 Å². The minimum Gasteiger partial charge on any atom is -0.348 e. The second kappa shape index (κ2) is 11.9. The van der Waals surface area contributed by atoms with Crippen molar-refractivity contribution in [2.75, 3.05) is 0 Å². The van der Waals surface area contributed by atoms with E-state index in [0.29, 0.717) is 32.3 Å². The molecule has 0 radical (unpaired) electrons. The van der Waals surface area contributed by atoms with Gasteiger partial charge in [-0.1, -0.05) is 70.5 Å². The van der Waals surface area contributed by atoms with E-state index in [4.69, 9.17) is 23.2 Å². The number of rotatable bonds is 9. The van der Waals surface area contributed by atoms with Crippen LogP contribution in [-0.2, 0) is 12.2 Å². The van der Waals surface area contributed by atoms with E-state index < -0.39 is 0 Å². The van der Waals surface area contributed by atoms with Crippen LogP contribution in [0.25, 0.3) is 5.69 Å². The highest BCUT2D eigenvalue weighted by Gasteiger charge is 2.23. The van der Waals surface area contributed by atoms with Gasteiger partial charge in [-0.05, 0) is 63.4 Å². The normalized spacial score (nSPS) is 11.9. The topological polar surface area (TPSA) is 85.6 Å². The number of nitrogens with zero attached hydrogens (tertiary/aromatic N) is 5. The highest BCUT2D eigenvalue weighted by atomic mass is 35.5. The summed E-state index contributed by atoms with van der Waals surface area (Å²) >= 11 is 13.9. The van der Waals surface area contributed by atoms with Crippen LogP contribution < -0.4 is 5.32 Å². The van der Waals surface area contributed by atoms with E-state index in [1.54, 1.807) is 22.9 Å². The van der Waals surface area contributed by atoms with Gasteiger partial charge in [0.15, 0.2) is 10.9 Å². The quantitative estimate of drug-likeness (QED) is 0.206. The fraction of sp³-hybridized carbons (Fsp3) is 0.269. The first-order valence-electron chi connectivity index (χ1n) is 11.5. The summed E-state index contributed by atoms with van der Waals surface area (Å²) in [6.45, 7) is 5.84. The zero-order chi connectivity index (χ0) is 25.7. The summed E-state index contributed by atoms with van der Waals surface area (Å²) in [7, 11) is 0. The maximum absolute atomic E-state index is 13.3. The Hall–Kier alpha value is -2.94. The summed E-state index contributed by atoms with van der Waals surface area (Å²) in [5, 5.41) is 13.1. The maximum Gasteiger partial charge on any atom is 0.274 e. The number of amides is 1. The molecule has 1 N–H and O–H groups in total. The van der Waals surface area contributed by atoms with Gasteiger partial charge in [-0.3, -0.25) is 4.79 Å². The van der Waals surface area contributed by atoms with Gasteiger partial charge in [-0.2, -0.15) is 0 Å². The van der Waals surface area contributed by atoms with E-state index >= 15 is 0 Å². The fourth-order valence-electron chi connectivity index (χ4n) is 3.76. The number of benzene rings is 2. The Balaban J connectivity index is 1.57. The first kappa shape index (κ1) is 26.1. The van der Waals surface area contributed by atoms with Crippen LogP contribution in [0.5, 0.6) is 0 Å².